The molecule has 1 unspecified atom stereocenters. The highest BCUT2D eigenvalue weighted by atomic mass is 32.2. The molecule has 148 valence electrons. The van der Waals surface area contributed by atoms with Crippen LogP contribution in [0.5, 0.6) is 11.6 Å². The minimum absolute atomic E-state index is 0.0730. The van der Waals surface area contributed by atoms with Gasteiger partial charge in [0, 0.05) is 30.4 Å². The van der Waals surface area contributed by atoms with Crippen molar-refractivity contribution in [1.82, 2.24) is 25.5 Å². The summed E-state index contributed by atoms with van der Waals surface area (Å²) in [5.41, 5.74) is 2.82. The first-order chi connectivity index (χ1) is 14.2. The van der Waals surface area contributed by atoms with Crippen LogP contribution >= 0.6 is 11.8 Å². The van der Waals surface area contributed by atoms with E-state index in [1.165, 1.54) is 11.8 Å². The van der Waals surface area contributed by atoms with E-state index in [2.05, 4.69) is 31.5 Å². The van der Waals surface area contributed by atoms with Crippen molar-refractivity contribution in [2.24, 2.45) is 0 Å². The fourth-order valence-electron chi connectivity index (χ4n) is 2.95. The molecule has 29 heavy (non-hydrogen) atoms. The van der Waals surface area contributed by atoms with Gasteiger partial charge in [0.1, 0.15) is 11.9 Å². The number of hydrogen-bond acceptors (Lipinski definition) is 8. The van der Waals surface area contributed by atoms with Crippen LogP contribution in [0, 0.1) is 0 Å². The predicted molar refractivity (Wildman–Crippen MR) is 108 cm³/mol. The van der Waals surface area contributed by atoms with Crippen molar-refractivity contribution >= 4 is 17.7 Å². The first-order valence-electron chi connectivity index (χ1n) is 9.05. The number of aromatic nitrogens is 4. The quantitative estimate of drug-likeness (QED) is 0.468. The van der Waals surface area contributed by atoms with Gasteiger partial charge in [0.2, 0.25) is 11.8 Å². The van der Waals surface area contributed by atoms with Gasteiger partial charge in [0.15, 0.2) is 5.16 Å². The third kappa shape index (κ3) is 4.80. The van der Waals surface area contributed by atoms with Crippen molar-refractivity contribution in [3.8, 4) is 22.9 Å². The van der Waals surface area contributed by atoms with E-state index in [-0.39, 0.29) is 17.8 Å². The van der Waals surface area contributed by atoms with Crippen molar-refractivity contribution in [2.45, 2.75) is 17.7 Å². The lowest BCUT2D eigenvalue weighted by atomic mass is 10.0. The molecule has 1 atom stereocenters. The Balaban J connectivity index is 1.30. The molecule has 1 aliphatic rings. The summed E-state index contributed by atoms with van der Waals surface area (Å²) in [6.07, 6.45) is 3.94. The second kappa shape index (κ2) is 8.87. The van der Waals surface area contributed by atoms with Crippen LogP contribution in [0.15, 0.2) is 53.9 Å². The fraction of sp³-hybridized carbons (Fsp3) is 0.250. The number of thioether (sulfide) groups is 1. The van der Waals surface area contributed by atoms with Gasteiger partial charge < -0.3 is 14.8 Å². The van der Waals surface area contributed by atoms with Crippen LogP contribution in [0.3, 0.4) is 0 Å². The van der Waals surface area contributed by atoms with Gasteiger partial charge in [-0.3, -0.25) is 4.79 Å². The second-order valence-electron chi connectivity index (χ2n) is 6.35. The lowest BCUT2D eigenvalue weighted by Gasteiger charge is -2.11. The molecule has 3 aromatic rings. The van der Waals surface area contributed by atoms with Crippen molar-refractivity contribution in [3.63, 3.8) is 0 Å². The number of carbonyl (C=O) groups excluding carboxylic acids is 1. The monoisotopic (exact) mass is 409 g/mol. The molecule has 1 amide bonds. The van der Waals surface area contributed by atoms with Crippen LogP contribution in [0.1, 0.15) is 5.56 Å². The van der Waals surface area contributed by atoms with Crippen molar-refractivity contribution in [1.29, 1.82) is 0 Å². The first-order valence-corrected chi connectivity index (χ1v) is 10.0. The molecule has 3 heterocycles. The van der Waals surface area contributed by atoms with E-state index >= 15 is 0 Å². The van der Waals surface area contributed by atoms with Crippen molar-refractivity contribution < 1.29 is 14.3 Å². The molecule has 0 radical (unpaired) electrons. The van der Waals surface area contributed by atoms with E-state index in [1.807, 2.05) is 18.2 Å². The Bertz CT molecular complexity index is 985. The predicted octanol–water partition coefficient (Wildman–Crippen LogP) is 2.15. The summed E-state index contributed by atoms with van der Waals surface area (Å²) in [6.45, 7) is 0.446. The maximum Gasteiger partial charge on any atom is 0.233 e. The summed E-state index contributed by atoms with van der Waals surface area (Å²) in [5, 5.41) is 11.7. The zero-order valence-corrected chi connectivity index (χ0v) is 16.6. The topological polar surface area (TPSA) is 99.1 Å². The third-order valence-corrected chi connectivity index (χ3v) is 5.22. The Kier molecular flexibility index (Phi) is 5.85. The molecule has 8 nitrogen and oxygen atoms in total. The van der Waals surface area contributed by atoms with Gasteiger partial charge in [-0.2, -0.15) is 0 Å². The number of hydrogen-bond donors (Lipinski definition) is 1. The summed E-state index contributed by atoms with van der Waals surface area (Å²) >= 11 is 1.30. The summed E-state index contributed by atoms with van der Waals surface area (Å²) in [4.78, 5) is 20.2. The van der Waals surface area contributed by atoms with Crippen LogP contribution < -0.4 is 14.8 Å². The van der Waals surface area contributed by atoms with Crippen LogP contribution in [-0.2, 0) is 11.2 Å². The van der Waals surface area contributed by atoms with Gasteiger partial charge in [-0.15, -0.1) is 10.2 Å². The number of fused-ring (bicyclic) bond motifs is 1. The average molecular weight is 409 g/mol. The highest BCUT2D eigenvalue weighted by molar-refractivity contribution is 7.99. The second-order valence-corrected chi connectivity index (χ2v) is 7.29. The summed E-state index contributed by atoms with van der Waals surface area (Å²) in [5.74, 6) is 1.51. The lowest BCUT2D eigenvalue weighted by molar-refractivity contribution is -0.118. The van der Waals surface area contributed by atoms with Gasteiger partial charge in [0.05, 0.1) is 25.1 Å². The minimum Gasteiger partial charge on any atom is -0.488 e. The number of ether oxygens (including phenoxy) is 2. The summed E-state index contributed by atoms with van der Waals surface area (Å²) in [7, 11) is 1.56. The molecule has 0 aliphatic carbocycles. The highest BCUT2D eigenvalue weighted by Crippen LogP contribution is 2.32. The third-order valence-electron chi connectivity index (χ3n) is 4.35. The molecule has 0 saturated carbocycles. The number of benzene rings is 1. The Morgan fingerprint density at radius 3 is 2.86 bits per heavy atom. The number of carbonyl (C=O) groups is 1. The fourth-order valence-corrected chi connectivity index (χ4v) is 3.58. The van der Waals surface area contributed by atoms with Gasteiger partial charge in [0.25, 0.3) is 0 Å². The molecule has 0 bridgehead atoms. The van der Waals surface area contributed by atoms with Gasteiger partial charge >= 0.3 is 0 Å². The first kappa shape index (κ1) is 19.1. The number of rotatable bonds is 7. The molecule has 0 saturated heterocycles. The molecule has 9 heteroatoms. The van der Waals surface area contributed by atoms with Gasteiger partial charge in [-0.25, -0.2) is 9.97 Å². The van der Waals surface area contributed by atoms with E-state index in [4.69, 9.17) is 9.47 Å². The summed E-state index contributed by atoms with van der Waals surface area (Å²) < 4.78 is 11.0. The zero-order chi connectivity index (χ0) is 20.1. The number of nitrogens with zero attached hydrogens (tertiary/aromatic N) is 4. The van der Waals surface area contributed by atoms with Gasteiger partial charge in [-0.1, -0.05) is 11.8 Å². The molecule has 0 fully saturated rings. The Hall–Kier alpha value is -3.20. The largest absolute Gasteiger partial charge is 0.488 e. The standard InChI is InChI=1S/C20H19N5O3S/c1-27-19-6-4-16(24-25-19)13-3-5-17-14(9-13)10-15(28-17)11-23-18(26)12-29-20-21-7-2-8-22-20/h2-9,15H,10-12H2,1H3,(H,23,26). The maximum absolute atomic E-state index is 12.1. The molecule has 1 N–H and O–H groups in total. The van der Waals surface area contributed by atoms with E-state index < -0.39 is 0 Å². The molecular formula is C20H19N5O3S. The number of methoxy groups -OCH3 is 1. The molecular weight excluding hydrogens is 390 g/mol. The Morgan fingerprint density at radius 1 is 1.24 bits per heavy atom. The number of amides is 1. The zero-order valence-electron chi connectivity index (χ0n) is 15.7. The molecule has 4 rings (SSSR count). The van der Waals surface area contributed by atoms with Crippen molar-refractivity contribution in [3.05, 3.63) is 54.4 Å². The van der Waals surface area contributed by atoms with E-state index in [1.54, 1.807) is 31.6 Å². The molecule has 0 spiro atoms. The SMILES string of the molecule is COc1ccc(-c2ccc3c(c2)CC(CNC(=O)CSc2ncccn2)O3)nn1. The number of nitrogens with one attached hydrogen (secondary N) is 1. The molecule has 1 aromatic carbocycles. The lowest BCUT2D eigenvalue weighted by Crippen LogP contribution is -2.35. The Labute approximate surface area is 172 Å². The van der Waals surface area contributed by atoms with Crippen LogP contribution in [-0.4, -0.2) is 51.6 Å². The minimum atomic E-state index is -0.0934. The van der Waals surface area contributed by atoms with Crippen LogP contribution in [0.25, 0.3) is 11.3 Å². The van der Waals surface area contributed by atoms with E-state index in [9.17, 15) is 4.79 Å². The van der Waals surface area contributed by atoms with E-state index in [0.29, 0.717) is 17.6 Å². The Morgan fingerprint density at radius 2 is 2.10 bits per heavy atom. The molecule has 2 aromatic heterocycles. The smallest absolute Gasteiger partial charge is 0.233 e. The normalized spacial score (nSPS) is 14.7. The van der Waals surface area contributed by atoms with Crippen LogP contribution in [0.4, 0.5) is 0 Å². The van der Waals surface area contributed by atoms with Crippen molar-refractivity contribution in [2.75, 3.05) is 19.4 Å². The highest BCUT2D eigenvalue weighted by Gasteiger charge is 2.24. The maximum atomic E-state index is 12.1. The summed E-state index contributed by atoms with van der Waals surface area (Å²) in [6, 6.07) is 11.3. The van der Waals surface area contributed by atoms with E-state index in [0.717, 1.165) is 29.0 Å². The van der Waals surface area contributed by atoms with Gasteiger partial charge in [-0.05, 0) is 35.9 Å². The molecule has 1 aliphatic heterocycles. The average Bonchev–Trinajstić information content (AvgIpc) is 3.19. The van der Waals surface area contributed by atoms with Crippen LogP contribution in [0.2, 0.25) is 0 Å².